The predicted molar refractivity (Wildman–Crippen MR) is 75.3 cm³/mol. The van der Waals surface area contributed by atoms with E-state index in [-0.39, 0.29) is 6.04 Å². The van der Waals surface area contributed by atoms with Gasteiger partial charge in [-0.1, -0.05) is 24.6 Å². The van der Waals surface area contributed by atoms with Crippen LogP contribution in [0, 0.1) is 6.92 Å². The van der Waals surface area contributed by atoms with E-state index in [1.807, 2.05) is 42.2 Å². The number of hydrogen-bond donors (Lipinski definition) is 1. The second-order valence-electron chi connectivity index (χ2n) is 4.57. The third-order valence-electron chi connectivity index (χ3n) is 3.04. The van der Waals surface area contributed by atoms with E-state index in [1.54, 1.807) is 0 Å². The molecule has 18 heavy (non-hydrogen) atoms. The molecule has 4 heteroatoms. The van der Waals surface area contributed by atoms with Gasteiger partial charge in [0.2, 0.25) is 0 Å². The molecule has 0 spiro atoms. The summed E-state index contributed by atoms with van der Waals surface area (Å²) in [5.41, 5.74) is 9.24. The maximum absolute atomic E-state index is 6.29. The lowest BCUT2D eigenvalue weighted by molar-refractivity contribution is 0.642. The van der Waals surface area contributed by atoms with Gasteiger partial charge in [0.15, 0.2) is 0 Å². The van der Waals surface area contributed by atoms with Gasteiger partial charge in [-0.25, -0.2) is 4.68 Å². The van der Waals surface area contributed by atoms with Crippen LogP contribution in [-0.4, -0.2) is 15.8 Å². The Morgan fingerprint density at radius 3 is 2.83 bits per heavy atom. The lowest BCUT2D eigenvalue weighted by atomic mass is 10.0. The molecule has 2 aromatic rings. The van der Waals surface area contributed by atoms with Crippen molar-refractivity contribution in [2.75, 3.05) is 0 Å². The van der Waals surface area contributed by atoms with Crippen LogP contribution < -0.4 is 5.73 Å². The van der Waals surface area contributed by atoms with Gasteiger partial charge in [0.1, 0.15) is 0 Å². The Balaban J connectivity index is 2.43. The highest BCUT2D eigenvalue weighted by Crippen LogP contribution is 2.24. The first-order valence-electron chi connectivity index (χ1n) is 6.16. The topological polar surface area (TPSA) is 43.8 Å². The number of hydrogen-bond acceptors (Lipinski definition) is 2. The molecule has 0 bridgehead atoms. The largest absolute Gasteiger partial charge is 0.327 e. The van der Waals surface area contributed by atoms with Gasteiger partial charge in [-0.2, -0.15) is 5.10 Å². The van der Waals surface area contributed by atoms with E-state index in [2.05, 4.69) is 12.0 Å². The summed E-state index contributed by atoms with van der Waals surface area (Å²) in [6.45, 7) is 4.10. The molecule has 2 N–H and O–H groups in total. The molecule has 0 aliphatic heterocycles. The van der Waals surface area contributed by atoms with Gasteiger partial charge in [0, 0.05) is 17.3 Å². The van der Waals surface area contributed by atoms with Crippen molar-refractivity contribution in [1.82, 2.24) is 9.78 Å². The van der Waals surface area contributed by atoms with Crippen LogP contribution in [0.2, 0.25) is 5.02 Å². The molecule has 2 rings (SSSR count). The second kappa shape index (κ2) is 5.55. The monoisotopic (exact) mass is 263 g/mol. The number of aromatic nitrogens is 2. The summed E-state index contributed by atoms with van der Waals surface area (Å²) in [7, 11) is 0. The van der Waals surface area contributed by atoms with Crippen molar-refractivity contribution in [2.24, 2.45) is 5.73 Å². The molecule has 3 nitrogen and oxygen atoms in total. The van der Waals surface area contributed by atoms with Crippen molar-refractivity contribution in [3.8, 4) is 5.69 Å². The van der Waals surface area contributed by atoms with Crippen LogP contribution >= 0.6 is 11.6 Å². The summed E-state index contributed by atoms with van der Waals surface area (Å²) < 4.78 is 1.86. The van der Waals surface area contributed by atoms with Gasteiger partial charge in [0.05, 0.1) is 11.9 Å². The Morgan fingerprint density at radius 2 is 2.22 bits per heavy atom. The van der Waals surface area contributed by atoms with Crippen LogP contribution in [0.4, 0.5) is 0 Å². The van der Waals surface area contributed by atoms with Gasteiger partial charge >= 0.3 is 0 Å². The predicted octanol–water partition coefficient (Wildman–Crippen LogP) is 3.11. The van der Waals surface area contributed by atoms with Gasteiger partial charge < -0.3 is 5.73 Å². The number of aryl methyl sites for hydroxylation is 1. The van der Waals surface area contributed by atoms with Crippen LogP contribution in [0.3, 0.4) is 0 Å². The average molecular weight is 264 g/mol. The molecule has 0 radical (unpaired) electrons. The number of nitrogens with two attached hydrogens (primary N) is 1. The Hall–Kier alpha value is -1.32. The first-order chi connectivity index (χ1) is 8.61. The standard InChI is InChI=1S/C14H18ClN3/c1-3-11(16)7-12-13(15)5-4-6-14(12)18-9-10(2)8-17-18/h4-6,8-9,11H,3,7,16H2,1-2H3. The molecule has 1 unspecified atom stereocenters. The molecule has 0 aliphatic rings. The molecular formula is C14H18ClN3. The number of halogens is 1. The summed E-state index contributed by atoms with van der Waals surface area (Å²) in [4.78, 5) is 0. The molecule has 1 aromatic carbocycles. The van der Waals surface area contributed by atoms with Crippen LogP contribution in [0.25, 0.3) is 5.69 Å². The van der Waals surface area contributed by atoms with Crippen molar-refractivity contribution < 1.29 is 0 Å². The lowest BCUT2D eigenvalue weighted by Gasteiger charge is -2.15. The van der Waals surface area contributed by atoms with Crippen molar-refractivity contribution in [3.05, 3.63) is 46.7 Å². The van der Waals surface area contributed by atoms with E-state index >= 15 is 0 Å². The smallest absolute Gasteiger partial charge is 0.0693 e. The van der Waals surface area contributed by atoms with E-state index < -0.39 is 0 Å². The average Bonchev–Trinajstić information content (AvgIpc) is 2.78. The lowest BCUT2D eigenvalue weighted by Crippen LogP contribution is -2.22. The van der Waals surface area contributed by atoms with E-state index in [4.69, 9.17) is 17.3 Å². The summed E-state index contributed by atoms with van der Waals surface area (Å²) in [6.07, 6.45) is 5.53. The van der Waals surface area contributed by atoms with Crippen molar-refractivity contribution >= 4 is 11.6 Å². The fourth-order valence-electron chi connectivity index (χ4n) is 1.92. The molecule has 1 aromatic heterocycles. The number of rotatable bonds is 4. The summed E-state index contributed by atoms with van der Waals surface area (Å²) in [5.74, 6) is 0. The molecule has 0 aliphatic carbocycles. The molecule has 96 valence electrons. The van der Waals surface area contributed by atoms with Gasteiger partial charge in [0.25, 0.3) is 0 Å². The van der Waals surface area contributed by atoms with Crippen LogP contribution in [0.1, 0.15) is 24.5 Å². The SMILES string of the molecule is CCC(N)Cc1c(Cl)cccc1-n1cc(C)cn1. The van der Waals surface area contributed by atoms with Gasteiger partial charge in [-0.3, -0.25) is 0 Å². The molecular weight excluding hydrogens is 246 g/mol. The van der Waals surface area contributed by atoms with Crippen molar-refractivity contribution in [2.45, 2.75) is 32.7 Å². The fourth-order valence-corrected chi connectivity index (χ4v) is 2.16. The number of nitrogens with zero attached hydrogens (tertiary/aromatic N) is 2. The first-order valence-corrected chi connectivity index (χ1v) is 6.54. The summed E-state index contributed by atoms with van der Waals surface area (Å²) >= 11 is 6.29. The Kier molecular flexibility index (Phi) is 4.04. The van der Waals surface area contributed by atoms with E-state index in [0.717, 1.165) is 34.7 Å². The third-order valence-corrected chi connectivity index (χ3v) is 3.40. The summed E-state index contributed by atoms with van der Waals surface area (Å²) in [5, 5.41) is 5.09. The Bertz CT molecular complexity index is 534. The molecule has 1 heterocycles. The zero-order valence-corrected chi connectivity index (χ0v) is 11.5. The van der Waals surface area contributed by atoms with Crippen LogP contribution in [0.5, 0.6) is 0 Å². The van der Waals surface area contributed by atoms with Gasteiger partial charge in [-0.05, 0) is 43.0 Å². The zero-order chi connectivity index (χ0) is 13.1. The van der Waals surface area contributed by atoms with E-state index in [1.165, 1.54) is 0 Å². The minimum atomic E-state index is 0.125. The minimum absolute atomic E-state index is 0.125. The molecule has 0 fully saturated rings. The maximum atomic E-state index is 6.29. The molecule has 0 saturated heterocycles. The molecule has 0 amide bonds. The van der Waals surface area contributed by atoms with Gasteiger partial charge in [-0.15, -0.1) is 0 Å². The van der Waals surface area contributed by atoms with E-state index in [0.29, 0.717) is 0 Å². The van der Waals surface area contributed by atoms with E-state index in [9.17, 15) is 0 Å². The number of benzene rings is 1. The summed E-state index contributed by atoms with van der Waals surface area (Å²) in [6, 6.07) is 5.99. The fraction of sp³-hybridized carbons (Fsp3) is 0.357. The maximum Gasteiger partial charge on any atom is 0.0693 e. The Morgan fingerprint density at radius 1 is 1.44 bits per heavy atom. The Labute approximate surface area is 113 Å². The zero-order valence-electron chi connectivity index (χ0n) is 10.7. The van der Waals surface area contributed by atoms with Crippen LogP contribution in [-0.2, 0) is 6.42 Å². The molecule has 0 saturated carbocycles. The quantitative estimate of drug-likeness (QED) is 0.921. The molecule has 1 atom stereocenters. The third kappa shape index (κ3) is 2.74. The minimum Gasteiger partial charge on any atom is -0.327 e. The highest BCUT2D eigenvalue weighted by Gasteiger charge is 2.12. The second-order valence-corrected chi connectivity index (χ2v) is 4.98. The van der Waals surface area contributed by atoms with Crippen LogP contribution in [0.15, 0.2) is 30.6 Å². The van der Waals surface area contributed by atoms with Crippen molar-refractivity contribution in [1.29, 1.82) is 0 Å². The highest BCUT2D eigenvalue weighted by atomic mass is 35.5. The first kappa shape index (κ1) is 13.1. The highest BCUT2D eigenvalue weighted by molar-refractivity contribution is 6.31. The van der Waals surface area contributed by atoms with Crippen molar-refractivity contribution in [3.63, 3.8) is 0 Å². The normalized spacial score (nSPS) is 12.7.